The maximum absolute atomic E-state index is 9.21. The van der Waals surface area contributed by atoms with Crippen LogP contribution in [0.2, 0.25) is 0 Å². The maximum Gasteiger partial charge on any atom is 0.241 e. The maximum atomic E-state index is 9.21. The Kier molecular flexibility index (Phi) is 6.17. The largest absolute Gasteiger partial charge is 0.493 e. The smallest absolute Gasteiger partial charge is 0.241 e. The van der Waals surface area contributed by atoms with E-state index in [1.807, 2.05) is 24.3 Å². The normalized spacial score (nSPS) is 10.8. The molecule has 0 atom stereocenters. The van der Waals surface area contributed by atoms with Gasteiger partial charge in [0.25, 0.3) is 0 Å². The molecule has 4 aromatic rings. The Morgan fingerprint density at radius 3 is 2.41 bits per heavy atom. The molecule has 0 saturated carbocycles. The second-order valence-electron chi connectivity index (χ2n) is 6.56. The van der Waals surface area contributed by atoms with E-state index in [-0.39, 0.29) is 6.61 Å². The number of benzene rings is 2. The first kappa shape index (κ1) is 21.1. The minimum Gasteiger partial charge on any atom is -0.493 e. The number of aliphatic hydroxyl groups excluding tert-OH is 1. The number of fused-ring (bicyclic) bond motifs is 1. The molecule has 32 heavy (non-hydrogen) atoms. The first-order valence-corrected chi connectivity index (χ1v) is 9.77. The predicted octanol–water partition coefficient (Wildman–Crippen LogP) is 2.38. The molecule has 0 radical (unpaired) electrons. The summed E-state index contributed by atoms with van der Waals surface area (Å²) in [5.74, 6) is 2.69. The van der Waals surface area contributed by atoms with E-state index < -0.39 is 0 Å². The van der Waals surface area contributed by atoms with Crippen LogP contribution in [0.1, 0.15) is 0 Å². The van der Waals surface area contributed by atoms with Gasteiger partial charge in [0, 0.05) is 24.4 Å². The summed E-state index contributed by atoms with van der Waals surface area (Å²) < 4.78 is 17.9. The van der Waals surface area contributed by atoms with Crippen molar-refractivity contribution in [2.24, 2.45) is 0 Å². The summed E-state index contributed by atoms with van der Waals surface area (Å²) in [4.78, 5) is 17.7. The van der Waals surface area contributed by atoms with E-state index >= 15 is 0 Å². The lowest BCUT2D eigenvalue weighted by Crippen LogP contribution is -2.13. The van der Waals surface area contributed by atoms with Crippen LogP contribution in [0.5, 0.6) is 17.2 Å². The number of anilines is 3. The van der Waals surface area contributed by atoms with Gasteiger partial charge in [-0.05, 0) is 12.1 Å². The van der Waals surface area contributed by atoms with Crippen LogP contribution in [0.4, 0.5) is 17.6 Å². The van der Waals surface area contributed by atoms with Crippen molar-refractivity contribution in [3.63, 3.8) is 0 Å². The molecule has 0 fully saturated rings. The Bertz CT molecular complexity index is 1200. The molecule has 3 N–H and O–H groups in total. The first-order valence-electron chi connectivity index (χ1n) is 9.77. The van der Waals surface area contributed by atoms with Gasteiger partial charge in [-0.3, -0.25) is 0 Å². The summed E-state index contributed by atoms with van der Waals surface area (Å²) in [6.45, 7) is 0.305. The highest BCUT2D eigenvalue weighted by atomic mass is 16.5. The van der Waals surface area contributed by atoms with Gasteiger partial charge in [0.15, 0.2) is 11.5 Å². The van der Waals surface area contributed by atoms with E-state index in [0.29, 0.717) is 47.3 Å². The molecule has 0 spiro atoms. The number of hydrogen-bond donors (Lipinski definition) is 3. The monoisotopic (exact) mass is 437 g/mol. The molecule has 0 aliphatic rings. The van der Waals surface area contributed by atoms with Crippen molar-refractivity contribution < 1.29 is 19.3 Å². The number of aromatic nitrogens is 5. The second kappa shape index (κ2) is 9.35. The Labute approximate surface area is 184 Å². The van der Waals surface area contributed by atoms with Crippen molar-refractivity contribution in [2.45, 2.75) is 0 Å². The minimum absolute atomic E-state index is 0.0334. The second-order valence-corrected chi connectivity index (χ2v) is 6.56. The molecule has 0 amide bonds. The van der Waals surface area contributed by atoms with Gasteiger partial charge in [-0.25, -0.2) is 19.5 Å². The molecule has 2 aromatic carbocycles. The summed E-state index contributed by atoms with van der Waals surface area (Å²) in [5, 5.41) is 15.5. The fraction of sp³-hybridized carbons (Fsp3) is 0.238. The molecule has 0 aliphatic heterocycles. The van der Waals surface area contributed by atoms with Crippen molar-refractivity contribution in [1.29, 1.82) is 0 Å². The molecule has 2 aromatic heterocycles. The van der Waals surface area contributed by atoms with Gasteiger partial charge in [0.05, 0.1) is 39.0 Å². The SMILES string of the molecule is COc1cc(Nc2ncnc(-n3c(NCCO)nc4ccccc43)n2)cc(OC)c1OC. The first-order chi connectivity index (χ1) is 15.7. The summed E-state index contributed by atoms with van der Waals surface area (Å²) in [7, 11) is 4.64. The highest BCUT2D eigenvalue weighted by Crippen LogP contribution is 2.40. The Morgan fingerprint density at radius 1 is 0.969 bits per heavy atom. The van der Waals surface area contributed by atoms with Gasteiger partial charge in [-0.15, -0.1) is 0 Å². The summed E-state index contributed by atoms with van der Waals surface area (Å²) in [6.07, 6.45) is 1.41. The molecule has 11 heteroatoms. The number of nitrogens with zero attached hydrogens (tertiary/aromatic N) is 5. The molecule has 0 bridgehead atoms. The fourth-order valence-electron chi connectivity index (χ4n) is 3.25. The molecule has 0 unspecified atom stereocenters. The number of imidazole rings is 1. The topological polar surface area (TPSA) is 128 Å². The zero-order valence-corrected chi connectivity index (χ0v) is 17.9. The van der Waals surface area contributed by atoms with Crippen LogP contribution >= 0.6 is 0 Å². The van der Waals surface area contributed by atoms with E-state index in [4.69, 9.17) is 14.2 Å². The van der Waals surface area contributed by atoms with E-state index in [1.54, 1.807) is 38.0 Å². The Balaban J connectivity index is 1.73. The number of para-hydroxylation sites is 2. The lowest BCUT2D eigenvalue weighted by atomic mass is 10.2. The molecule has 2 heterocycles. The van der Waals surface area contributed by atoms with E-state index in [2.05, 4.69) is 30.6 Å². The van der Waals surface area contributed by atoms with Crippen molar-refractivity contribution >= 4 is 28.6 Å². The Hall–Kier alpha value is -4.12. The van der Waals surface area contributed by atoms with Crippen LogP contribution in [0, 0.1) is 0 Å². The van der Waals surface area contributed by atoms with Gasteiger partial charge in [0.1, 0.15) is 6.33 Å². The number of hydrogen-bond acceptors (Lipinski definition) is 10. The lowest BCUT2D eigenvalue weighted by Gasteiger charge is -2.15. The van der Waals surface area contributed by atoms with E-state index in [0.717, 1.165) is 11.0 Å². The summed E-state index contributed by atoms with van der Waals surface area (Å²) >= 11 is 0. The Morgan fingerprint density at radius 2 is 1.72 bits per heavy atom. The van der Waals surface area contributed by atoms with Gasteiger partial charge in [0.2, 0.25) is 23.6 Å². The summed E-state index contributed by atoms with van der Waals surface area (Å²) in [6, 6.07) is 11.1. The van der Waals surface area contributed by atoms with Crippen molar-refractivity contribution in [3.05, 3.63) is 42.7 Å². The third-order valence-electron chi connectivity index (χ3n) is 4.64. The molecule has 11 nitrogen and oxygen atoms in total. The number of methoxy groups -OCH3 is 3. The van der Waals surface area contributed by atoms with E-state index in [1.165, 1.54) is 6.33 Å². The van der Waals surface area contributed by atoms with Gasteiger partial charge in [-0.2, -0.15) is 4.98 Å². The molecule has 0 saturated heterocycles. The quantitative estimate of drug-likeness (QED) is 0.359. The van der Waals surface area contributed by atoms with Crippen LogP contribution in [0.3, 0.4) is 0 Å². The highest BCUT2D eigenvalue weighted by molar-refractivity contribution is 5.80. The third kappa shape index (κ3) is 4.05. The summed E-state index contributed by atoms with van der Waals surface area (Å²) in [5.41, 5.74) is 2.23. The molecule has 4 rings (SSSR count). The fourth-order valence-corrected chi connectivity index (χ4v) is 3.25. The number of rotatable bonds is 9. The number of nitrogens with one attached hydrogen (secondary N) is 2. The van der Waals surface area contributed by atoms with E-state index in [9.17, 15) is 5.11 Å². The van der Waals surface area contributed by atoms with Crippen LogP contribution in [0.25, 0.3) is 17.0 Å². The molecular formula is C21H23N7O4. The zero-order chi connectivity index (χ0) is 22.5. The molecular weight excluding hydrogens is 414 g/mol. The van der Waals surface area contributed by atoms with Crippen molar-refractivity contribution in [3.8, 4) is 23.2 Å². The van der Waals surface area contributed by atoms with Gasteiger partial charge >= 0.3 is 0 Å². The van der Waals surface area contributed by atoms with Crippen LogP contribution in [-0.4, -0.2) is 64.1 Å². The standard InChI is InChI=1S/C21H23N7O4/c1-30-16-10-13(11-17(31-2)18(16)32-3)25-19-23-12-24-21(27-19)28-15-7-5-4-6-14(15)26-20(28)22-8-9-29/h4-7,10-12,29H,8-9H2,1-3H3,(H,22,26)(H,23,24,25,27). The highest BCUT2D eigenvalue weighted by Gasteiger charge is 2.16. The zero-order valence-electron chi connectivity index (χ0n) is 17.9. The average molecular weight is 437 g/mol. The average Bonchev–Trinajstić information content (AvgIpc) is 3.20. The number of aliphatic hydroxyl groups is 1. The predicted molar refractivity (Wildman–Crippen MR) is 119 cm³/mol. The van der Waals surface area contributed by atoms with Crippen molar-refractivity contribution in [2.75, 3.05) is 45.1 Å². The van der Waals surface area contributed by atoms with Crippen LogP contribution < -0.4 is 24.8 Å². The molecule has 166 valence electrons. The van der Waals surface area contributed by atoms with Crippen LogP contribution in [-0.2, 0) is 0 Å². The number of ether oxygens (including phenoxy) is 3. The van der Waals surface area contributed by atoms with Gasteiger partial charge in [-0.1, -0.05) is 12.1 Å². The minimum atomic E-state index is -0.0334. The lowest BCUT2D eigenvalue weighted by molar-refractivity contribution is 0.310. The van der Waals surface area contributed by atoms with Crippen molar-refractivity contribution in [1.82, 2.24) is 24.5 Å². The third-order valence-corrected chi connectivity index (χ3v) is 4.64. The van der Waals surface area contributed by atoms with Gasteiger partial charge < -0.3 is 30.0 Å². The molecule has 0 aliphatic carbocycles. The van der Waals surface area contributed by atoms with Crippen LogP contribution in [0.15, 0.2) is 42.7 Å².